The fourth-order valence-electron chi connectivity index (χ4n) is 6.62. The molecule has 2 aliphatic heterocycles. The van der Waals surface area contributed by atoms with Gasteiger partial charge in [-0.05, 0) is 71.2 Å². The number of benzene rings is 2. The first-order valence-electron chi connectivity index (χ1n) is 15.9. The second kappa shape index (κ2) is 12.2. The fraction of sp³-hybridized carbons (Fsp3) is 0.487. The van der Waals surface area contributed by atoms with Gasteiger partial charge in [-0.25, -0.2) is 0 Å². The van der Waals surface area contributed by atoms with Crippen molar-refractivity contribution >= 4 is 22.9 Å². The number of anilines is 1. The van der Waals surface area contributed by atoms with Crippen molar-refractivity contribution in [3.63, 3.8) is 0 Å². The van der Waals surface area contributed by atoms with Crippen molar-refractivity contribution in [1.29, 1.82) is 0 Å². The molecule has 0 fully saturated rings. The van der Waals surface area contributed by atoms with E-state index in [1.165, 1.54) is 45.0 Å². The lowest BCUT2D eigenvalue weighted by atomic mass is 9.81. The zero-order chi connectivity index (χ0) is 30.9. The Labute approximate surface area is 255 Å². The summed E-state index contributed by atoms with van der Waals surface area (Å²) in [5.41, 5.74) is 10.4. The van der Waals surface area contributed by atoms with Gasteiger partial charge < -0.3 is 4.90 Å². The Hall–Kier alpha value is -3.20. The van der Waals surface area contributed by atoms with Gasteiger partial charge in [-0.2, -0.15) is 4.58 Å². The molecule has 0 atom stereocenters. The van der Waals surface area contributed by atoms with Gasteiger partial charge in [0.1, 0.15) is 12.3 Å². The Morgan fingerprint density at radius 2 is 1.52 bits per heavy atom. The van der Waals surface area contributed by atoms with Crippen LogP contribution in [-0.4, -0.2) is 29.2 Å². The number of fused-ring (bicyclic) bond motifs is 2. The molecule has 0 amide bonds. The third-order valence-electron chi connectivity index (χ3n) is 9.26. The summed E-state index contributed by atoms with van der Waals surface area (Å²) in [7, 11) is 0. The normalized spacial score (nSPS) is 18.5. The summed E-state index contributed by atoms with van der Waals surface area (Å²) in [4.78, 5) is 14.8. The van der Waals surface area contributed by atoms with E-state index in [0.717, 1.165) is 32.4 Å². The van der Waals surface area contributed by atoms with E-state index in [1.54, 1.807) is 0 Å². The van der Waals surface area contributed by atoms with Crippen LogP contribution in [0.25, 0.3) is 0 Å². The number of carbonyl (C=O) groups excluding carboxylic acids is 1. The van der Waals surface area contributed by atoms with Crippen molar-refractivity contribution in [3.05, 3.63) is 94.7 Å². The molecule has 0 N–H and O–H groups in total. The number of ketones is 1. The van der Waals surface area contributed by atoms with Crippen LogP contribution >= 0.6 is 0 Å². The lowest BCUT2D eigenvalue weighted by molar-refractivity contribution is -0.438. The van der Waals surface area contributed by atoms with Crippen molar-refractivity contribution < 1.29 is 9.37 Å². The molecule has 0 aromatic heterocycles. The van der Waals surface area contributed by atoms with Crippen molar-refractivity contribution in [2.75, 3.05) is 18.0 Å². The van der Waals surface area contributed by atoms with Crippen LogP contribution in [0.1, 0.15) is 103 Å². The lowest BCUT2D eigenvalue weighted by Crippen LogP contribution is -2.28. The number of allylic oxidation sites excluding steroid dienone is 6. The second-order valence-electron chi connectivity index (χ2n) is 14.4. The molecule has 2 aromatic rings. The molecule has 2 aliphatic rings. The molecule has 4 rings (SSSR count). The molecule has 224 valence electrons. The minimum atomic E-state index is -0.240. The van der Waals surface area contributed by atoms with Gasteiger partial charge >= 0.3 is 0 Å². The number of carbonyl (C=O) groups is 1. The molecule has 0 aliphatic carbocycles. The maximum Gasteiger partial charge on any atom is 0.209 e. The smallest absolute Gasteiger partial charge is 0.209 e. The average Bonchev–Trinajstić information content (AvgIpc) is 3.25. The molecule has 42 heavy (non-hydrogen) atoms. The summed E-state index contributed by atoms with van der Waals surface area (Å²) in [5, 5.41) is 0. The number of hydrogen-bond acceptors (Lipinski definition) is 2. The quantitative estimate of drug-likeness (QED) is 0.163. The topological polar surface area (TPSA) is 23.3 Å². The van der Waals surface area contributed by atoms with Crippen LogP contribution in [0, 0.1) is 19.3 Å². The molecule has 0 radical (unpaired) electrons. The summed E-state index contributed by atoms with van der Waals surface area (Å²) < 4.78 is 2.51. The molecule has 2 aromatic carbocycles. The highest BCUT2D eigenvalue weighted by Gasteiger charge is 2.44. The Balaban J connectivity index is 1.54. The van der Waals surface area contributed by atoms with Crippen LogP contribution in [0.3, 0.4) is 0 Å². The Morgan fingerprint density at radius 3 is 2.19 bits per heavy atom. The lowest BCUT2D eigenvalue weighted by Gasteiger charge is -2.25. The Kier molecular flexibility index (Phi) is 9.21. The molecule has 0 saturated carbocycles. The standard InChI is InChI=1S/C39H53N2O/c1-11-40-32-23-21-28(2)26-30(32)38(7,8)34(40)18-14-12-15-19-35-39(9,10)31-27-29(3)22-24-33(31)41(35)25-17-13-16-20-36(42)37(4,5)6/h12,14-15,18-19,21-24,26-27H,11,13,16-17,20,25H2,1-10H3/q+1. The van der Waals surface area contributed by atoms with E-state index in [2.05, 4.69) is 125 Å². The first-order valence-corrected chi connectivity index (χ1v) is 15.9. The van der Waals surface area contributed by atoms with E-state index < -0.39 is 0 Å². The summed E-state index contributed by atoms with van der Waals surface area (Å²) in [6.45, 7) is 23.9. The molecule has 0 bridgehead atoms. The van der Waals surface area contributed by atoms with Gasteiger partial charge in [0.05, 0.1) is 5.41 Å². The molecule has 3 nitrogen and oxygen atoms in total. The minimum Gasteiger partial charge on any atom is -0.344 e. The molecule has 3 heteroatoms. The first-order chi connectivity index (χ1) is 19.7. The Bertz CT molecular complexity index is 1460. The SMILES string of the molecule is CCN1C(=CC=CC=CC2=[N+](CCCCCC(=O)C(C)(C)C)c3ccc(C)cc3C2(C)C)C(C)(C)c2cc(C)ccc21. The van der Waals surface area contributed by atoms with Crippen LogP contribution in [-0.2, 0) is 15.6 Å². The van der Waals surface area contributed by atoms with Gasteiger partial charge in [-0.3, -0.25) is 4.79 Å². The van der Waals surface area contributed by atoms with Gasteiger partial charge in [0.25, 0.3) is 0 Å². The molecule has 2 heterocycles. The second-order valence-corrected chi connectivity index (χ2v) is 14.4. The molecular formula is C39H53N2O+. The van der Waals surface area contributed by atoms with Crippen LogP contribution in [0.5, 0.6) is 0 Å². The molecule has 0 saturated heterocycles. The average molecular weight is 566 g/mol. The molecule has 0 unspecified atom stereocenters. The first kappa shape index (κ1) is 31.7. The van der Waals surface area contributed by atoms with Gasteiger partial charge in [-0.1, -0.05) is 82.2 Å². The zero-order valence-electron chi connectivity index (χ0n) is 27.9. The van der Waals surface area contributed by atoms with E-state index in [4.69, 9.17) is 0 Å². The third kappa shape index (κ3) is 6.26. The van der Waals surface area contributed by atoms with Gasteiger partial charge in [0.15, 0.2) is 5.71 Å². The number of aryl methyl sites for hydroxylation is 2. The van der Waals surface area contributed by atoms with Crippen molar-refractivity contribution in [3.8, 4) is 0 Å². The maximum atomic E-state index is 12.4. The predicted molar refractivity (Wildman–Crippen MR) is 181 cm³/mol. The summed E-state index contributed by atoms with van der Waals surface area (Å²) in [6.07, 6.45) is 15.0. The Morgan fingerprint density at radius 1 is 0.857 bits per heavy atom. The highest BCUT2D eigenvalue weighted by atomic mass is 16.1. The minimum absolute atomic E-state index is 0.0264. The number of rotatable bonds is 10. The van der Waals surface area contributed by atoms with Crippen molar-refractivity contribution in [2.45, 2.75) is 106 Å². The van der Waals surface area contributed by atoms with Crippen LogP contribution in [0.4, 0.5) is 11.4 Å². The zero-order valence-corrected chi connectivity index (χ0v) is 27.9. The number of nitrogens with zero attached hydrogens (tertiary/aromatic N) is 2. The fourth-order valence-corrected chi connectivity index (χ4v) is 6.62. The van der Waals surface area contributed by atoms with Gasteiger partial charge in [-0.15, -0.1) is 0 Å². The number of unbranched alkanes of at least 4 members (excludes halogenated alkanes) is 2. The number of likely N-dealkylation sites (N-methyl/N-ethyl adjacent to an activating group) is 1. The largest absolute Gasteiger partial charge is 0.344 e. The highest BCUT2D eigenvalue weighted by Crippen LogP contribution is 2.48. The summed E-state index contributed by atoms with van der Waals surface area (Å²) in [6, 6.07) is 13.7. The van der Waals surface area contributed by atoms with Crippen molar-refractivity contribution in [1.82, 2.24) is 0 Å². The highest BCUT2D eigenvalue weighted by molar-refractivity contribution is 6.03. The number of Topliss-reactive ketones (excluding diaryl/α,β-unsaturated/α-hetero) is 1. The van der Waals surface area contributed by atoms with E-state index >= 15 is 0 Å². The monoisotopic (exact) mass is 565 g/mol. The van der Waals surface area contributed by atoms with Crippen LogP contribution in [0.15, 0.2) is 72.5 Å². The van der Waals surface area contributed by atoms with Crippen LogP contribution < -0.4 is 4.90 Å². The van der Waals surface area contributed by atoms with Crippen molar-refractivity contribution in [2.24, 2.45) is 5.41 Å². The summed E-state index contributed by atoms with van der Waals surface area (Å²) >= 11 is 0. The van der Waals surface area contributed by atoms with E-state index in [9.17, 15) is 4.79 Å². The van der Waals surface area contributed by atoms with Gasteiger partial charge in [0, 0.05) is 59.3 Å². The predicted octanol–water partition coefficient (Wildman–Crippen LogP) is 9.67. The van der Waals surface area contributed by atoms with E-state index in [-0.39, 0.29) is 16.2 Å². The van der Waals surface area contributed by atoms with Gasteiger partial charge in [0.2, 0.25) is 5.69 Å². The van der Waals surface area contributed by atoms with Crippen LogP contribution in [0.2, 0.25) is 0 Å². The molecular weight excluding hydrogens is 512 g/mol. The maximum absolute atomic E-state index is 12.4. The number of hydrogen-bond donors (Lipinski definition) is 0. The van der Waals surface area contributed by atoms with E-state index in [1.807, 2.05) is 20.8 Å². The summed E-state index contributed by atoms with van der Waals surface area (Å²) in [5.74, 6) is 0.365. The van der Waals surface area contributed by atoms with E-state index in [0.29, 0.717) is 12.2 Å². The molecule has 0 spiro atoms. The third-order valence-corrected chi connectivity index (χ3v) is 9.26.